The fourth-order valence-corrected chi connectivity index (χ4v) is 1.61. The van der Waals surface area contributed by atoms with Crippen LogP contribution in [-0.4, -0.2) is 29.3 Å². The van der Waals surface area contributed by atoms with Crippen molar-refractivity contribution < 1.29 is 5.11 Å². The average molecular weight is 215 g/mol. The van der Waals surface area contributed by atoms with Crippen LogP contribution in [0.2, 0.25) is 5.02 Å². The molecule has 1 aromatic rings. The van der Waals surface area contributed by atoms with E-state index in [0.29, 0.717) is 11.6 Å². The summed E-state index contributed by atoms with van der Waals surface area (Å²) in [6.45, 7) is 4.05. The molecule has 0 aliphatic rings. The Hall–Kier alpha value is -0.800. The van der Waals surface area contributed by atoms with E-state index in [9.17, 15) is 5.11 Å². The van der Waals surface area contributed by atoms with Crippen LogP contribution in [0, 0.1) is 0 Å². The van der Waals surface area contributed by atoms with Crippen molar-refractivity contribution in [3.8, 4) is 0 Å². The number of rotatable bonds is 3. The summed E-state index contributed by atoms with van der Waals surface area (Å²) in [6.07, 6.45) is 3.28. The van der Waals surface area contributed by atoms with Crippen molar-refractivity contribution in [2.75, 3.05) is 18.5 Å². The summed E-state index contributed by atoms with van der Waals surface area (Å²) in [4.78, 5) is 5.81. The minimum Gasteiger partial charge on any atom is -0.389 e. The first-order valence-corrected chi connectivity index (χ1v) is 4.81. The predicted molar refractivity (Wildman–Crippen MR) is 58.8 cm³/mol. The van der Waals surface area contributed by atoms with E-state index in [1.807, 2.05) is 18.0 Å². The fourth-order valence-electron chi connectivity index (χ4n) is 1.34. The van der Waals surface area contributed by atoms with Crippen LogP contribution in [0.5, 0.6) is 0 Å². The molecule has 3 nitrogen and oxygen atoms in total. The van der Waals surface area contributed by atoms with E-state index in [4.69, 9.17) is 11.6 Å². The number of nitrogens with zero attached hydrogens (tertiary/aromatic N) is 2. The lowest BCUT2D eigenvalue weighted by Gasteiger charge is -2.27. The number of aromatic nitrogens is 1. The molecule has 1 N–H and O–H groups in total. The number of anilines is 1. The second kappa shape index (κ2) is 4.15. The number of likely N-dealkylation sites (N-methyl/N-ethyl adjacent to an activating group) is 1. The maximum Gasteiger partial charge on any atom is 0.0822 e. The molecule has 0 saturated heterocycles. The van der Waals surface area contributed by atoms with Crippen molar-refractivity contribution in [2.24, 2.45) is 0 Å². The van der Waals surface area contributed by atoms with E-state index in [1.165, 1.54) is 0 Å². The lowest BCUT2D eigenvalue weighted by atomic mass is 10.1. The van der Waals surface area contributed by atoms with Gasteiger partial charge in [-0.25, -0.2) is 0 Å². The molecule has 0 aromatic carbocycles. The second-order valence-corrected chi connectivity index (χ2v) is 4.40. The van der Waals surface area contributed by atoms with E-state index in [1.54, 1.807) is 26.2 Å². The fraction of sp³-hybridized carbons (Fsp3) is 0.500. The molecule has 0 bridgehead atoms. The normalized spacial score (nSPS) is 11.5. The first-order valence-electron chi connectivity index (χ1n) is 4.43. The molecule has 0 spiro atoms. The average Bonchev–Trinajstić information content (AvgIpc) is 2.01. The highest BCUT2D eigenvalue weighted by Crippen LogP contribution is 2.23. The predicted octanol–water partition coefficient (Wildman–Crippen LogP) is 1.94. The monoisotopic (exact) mass is 214 g/mol. The van der Waals surface area contributed by atoms with Gasteiger partial charge in [-0.2, -0.15) is 0 Å². The Morgan fingerprint density at radius 1 is 1.57 bits per heavy atom. The first-order chi connectivity index (χ1) is 6.40. The number of hydrogen-bond acceptors (Lipinski definition) is 3. The maximum absolute atomic E-state index is 9.64. The SMILES string of the molecule is CN(CC(C)(C)O)c1ccncc1Cl. The Balaban J connectivity index is 2.80. The van der Waals surface area contributed by atoms with E-state index in [0.717, 1.165) is 5.69 Å². The van der Waals surface area contributed by atoms with Gasteiger partial charge in [-0.15, -0.1) is 0 Å². The molecule has 1 rings (SSSR count). The molecular formula is C10H15ClN2O. The molecule has 0 amide bonds. The van der Waals surface area contributed by atoms with Crippen LogP contribution in [-0.2, 0) is 0 Å². The summed E-state index contributed by atoms with van der Waals surface area (Å²) in [6, 6.07) is 1.83. The molecule has 0 atom stereocenters. The molecule has 78 valence electrons. The Labute approximate surface area is 89.3 Å². The smallest absolute Gasteiger partial charge is 0.0822 e. The summed E-state index contributed by atoms with van der Waals surface area (Å²) >= 11 is 5.96. The standard InChI is InChI=1S/C10H15ClN2O/c1-10(2,14)7-13(3)9-4-5-12-6-8(9)11/h4-6,14H,7H2,1-3H3. The molecule has 14 heavy (non-hydrogen) atoms. The quantitative estimate of drug-likeness (QED) is 0.836. The van der Waals surface area contributed by atoms with Gasteiger partial charge in [0.1, 0.15) is 0 Å². The molecule has 4 heteroatoms. The molecule has 0 fully saturated rings. The minimum atomic E-state index is -0.735. The van der Waals surface area contributed by atoms with E-state index in [-0.39, 0.29) is 0 Å². The van der Waals surface area contributed by atoms with Crippen molar-refractivity contribution in [2.45, 2.75) is 19.4 Å². The maximum atomic E-state index is 9.64. The highest BCUT2D eigenvalue weighted by atomic mass is 35.5. The Kier molecular flexibility index (Phi) is 3.34. The van der Waals surface area contributed by atoms with Crippen LogP contribution in [0.1, 0.15) is 13.8 Å². The molecule has 0 aliphatic carbocycles. The zero-order chi connectivity index (χ0) is 10.8. The van der Waals surface area contributed by atoms with Gasteiger partial charge < -0.3 is 10.0 Å². The van der Waals surface area contributed by atoms with Gasteiger partial charge >= 0.3 is 0 Å². The number of aliphatic hydroxyl groups is 1. The Morgan fingerprint density at radius 2 is 2.21 bits per heavy atom. The third-order valence-corrected chi connectivity index (χ3v) is 2.08. The number of hydrogen-bond donors (Lipinski definition) is 1. The molecule has 1 aromatic heterocycles. The highest BCUT2D eigenvalue weighted by molar-refractivity contribution is 6.33. The van der Waals surface area contributed by atoms with Crippen LogP contribution in [0.4, 0.5) is 5.69 Å². The Bertz CT molecular complexity index is 309. The first kappa shape index (κ1) is 11.3. The van der Waals surface area contributed by atoms with Gasteiger partial charge in [0.25, 0.3) is 0 Å². The summed E-state index contributed by atoms with van der Waals surface area (Å²) in [7, 11) is 1.89. The van der Waals surface area contributed by atoms with Crippen molar-refractivity contribution in [1.29, 1.82) is 0 Å². The summed E-state index contributed by atoms with van der Waals surface area (Å²) in [5, 5.41) is 10.2. The largest absolute Gasteiger partial charge is 0.389 e. The molecule has 0 radical (unpaired) electrons. The van der Waals surface area contributed by atoms with Crippen LogP contribution in [0.25, 0.3) is 0 Å². The zero-order valence-corrected chi connectivity index (χ0v) is 9.41. The van der Waals surface area contributed by atoms with Crippen LogP contribution >= 0.6 is 11.6 Å². The van der Waals surface area contributed by atoms with Gasteiger partial charge in [-0.05, 0) is 19.9 Å². The van der Waals surface area contributed by atoms with Gasteiger partial charge in [0.05, 0.1) is 16.3 Å². The third-order valence-electron chi connectivity index (χ3n) is 1.79. The highest BCUT2D eigenvalue weighted by Gasteiger charge is 2.17. The number of halogens is 1. The van der Waals surface area contributed by atoms with Gasteiger partial charge in [-0.3, -0.25) is 4.98 Å². The van der Waals surface area contributed by atoms with Gasteiger partial charge in [0.15, 0.2) is 0 Å². The summed E-state index contributed by atoms with van der Waals surface area (Å²) in [5.41, 5.74) is 0.144. The summed E-state index contributed by atoms with van der Waals surface area (Å²) in [5.74, 6) is 0. The number of pyridine rings is 1. The second-order valence-electron chi connectivity index (χ2n) is 4.00. The van der Waals surface area contributed by atoms with Gasteiger partial charge in [-0.1, -0.05) is 11.6 Å². The van der Waals surface area contributed by atoms with Crippen LogP contribution in [0.3, 0.4) is 0 Å². The molecule has 0 aliphatic heterocycles. The van der Waals surface area contributed by atoms with Crippen molar-refractivity contribution in [1.82, 2.24) is 4.98 Å². The lowest BCUT2D eigenvalue weighted by molar-refractivity contribution is 0.0886. The molecule has 1 heterocycles. The molecule has 0 saturated carbocycles. The van der Waals surface area contributed by atoms with Crippen molar-refractivity contribution in [3.05, 3.63) is 23.5 Å². The van der Waals surface area contributed by atoms with Crippen molar-refractivity contribution >= 4 is 17.3 Å². The van der Waals surface area contributed by atoms with E-state index in [2.05, 4.69) is 4.98 Å². The van der Waals surface area contributed by atoms with Crippen LogP contribution in [0.15, 0.2) is 18.5 Å². The van der Waals surface area contributed by atoms with Gasteiger partial charge in [0, 0.05) is 26.0 Å². The Morgan fingerprint density at radius 3 is 2.71 bits per heavy atom. The van der Waals surface area contributed by atoms with Gasteiger partial charge in [0.2, 0.25) is 0 Å². The topological polar surface area (TPSA) is 36.4 Å². The van der Waals surface area contributed by atoms with Crippen LogP contribution < -0.4 is 4.90 Å². The van der Waals surface area contributed by atoms with Crippen molar-refractivity contribution in [3.63, 3.8) is 0 Å². The zero-order valence-electron chi connectivity index (χ0n) is 8.66. The lowest BCUT2D eigenvalue weighted by Crippen LogP contribution is -2.36. The third kappa shape index (κ3) is 3.16. The van der Waals surface area contributed by atoms with E-state index >= 15 is 0 Å². The summed E-state index contributed by atoms with van der Waals surface area (Å²) < 4.78 is 0. The minimum absolute atomic E-state index is 0.525. The van der Waals surface area contributed by atoms with E-state index < -0.39 is 5.60 Å². The molecular weight excluding hydrogens is 200 g/mol. The molecule has 0 unspecified atom stereocenters.